The lowest BCUT2D eigenvalue weighted by Gasteiger charge is -2.39. The first-order chi connectivity index (χ1) is 24.7. The summed E-state index contributed by atoms with van der Waals surface area (Å²) in [4.78, 5) is 42.9. The van der Waals surface area contributed by atoms with Crippen LogP contribution in [0.5, 0.6) is 0 Å². The Labute approximate surface area is 295 Å². The van der Waals surface area contributed by atoms with Gasteiger partial charge in [-0.2, -0.15) is 13.2 Å². The molecule has 3 heterocycles. The number of rotatable bonds is 11. The van der Waals surface area contributed by atoms with Crippen LogP contribution in [-0.2, 0) is 35.3 Å². The summed E-state index contributed by atoms with van der Waals surface area (Å²) in [5.74, 6) is -0.571. The molecule has 1 atom stereocenters. The molecule has 0 N–H and O–H groups in total. The van der Waals surface area contributed by atoms with E-state index in [2.05, 4.69) is 14.9 Å². The minimum absolute atomic E-state index is 0.143. The molecule has 1 saturated heterocycles. The molecule has 0 aliphatic carbocycles. The van der Waals surface area contributed by atoms with Crippen LogP contribution in [0.3, 0.4) is 0 Å². The number of hydrogen-bond acceptors (Lipinski definition) is 5. The maximum absolute atomic E-state index is 14.5. The third-order valence-electron chi connectivity index (χ3n) is 8.98. The van der Waals surface area contributed by atoms with Crippen LogP contribution in [-0.4, -0.2) is 68.7 Å². The van der Waals surface area contributed by atoms with Crippen LogP contribution in [0, 0.1) is 0 Å². The lowest BCUT2D eigenvalue weighted by Crippen LogP contribution is -2.56. The van der Waals surface area contributed by atoms with Crippen LogP contribution in [0.4, 0.5) is 13.2 Å². The summed E-state index contributed by atoms with van der Waals surface area (Å²) in [5.41, 5.74) is 4.28. The van der Waals surface area contributed by atoms with Crippen LogP contribution in [0.2, 0.25) is 0 Å². The van der Waals surface area contributed by atoms with Gasteiger partial charge >= 0.3 is 6.18 Å². The highest BCUT2D eigenvalue weighted by molar-refractivity contribution is 5.95. The quantitative estimate of drug-likeness (QED) is 0.138. The second kappa shape index (κ2) is 16.4. The molecular weight excluding hydrogens is 651 g/mol. The summed E-state index contributed by atoms with van der Waals surface area (Å²) < 4.78 is 39.5. The van der Waals surface area contributed by atoms with Crippen molar-refractivity contribution in [2.45, 2.75) is 31.7 Å². The fourth-order valence-electron chi connectivity index (χ4n) is 6.15. The summed E-state index contributed by atoms with van der Waals surface area (Å²) >= 11 is 0. The molecule has 3 aromatic carbocycles. The van der Waals surface area contributed by atoms with Crippen LogP contribution in [0.1, 0.15) is 27.8 Å². The Kier molecular flexibility index (Phi) is 11.3. The van der Waals surface area contributed by atoms with Gasteiger partial charge in [0.05, 0.1) is 11.3 Å². The highest BCUT2D eigenvalue weighted by atomic mass is 19.4. The van der Waals surface area contributed by atoms with Crippen molar-refractivity contribution in [2.24, 2.45) is 0 Å². The molecule has 0 spiro atoms. The first kappa shape index (κ1) is 35.2. The molecule has 1 aliphatic rings. The topological polar surface area (TPSA) is 69.6 Å². The highest BCUT2D eigenvalue weighted by Crippen LogP contribution is 2.29. The van der Waals surface area contributed by atoms with Crippen LogP contribution in [0.25, 0.3) is 17.3 Å². The number of amides is 2. The number of nitrogens with zero attached hydrogens (tertiary/aromatic N) is 5. The number of carbonyl (C=O) groups excluding carboxylic acids is 2. The number of benzene rings is 3. The van der Waals surface area contributed by atoms with Gasteiger partial charge < -0.3 is 9.80 Å². The summed E-state index contributed by atoms with van der Waals surface area (Å²) in [7, 11) is 0. The van der Waals surface area contributed by atoms with Gasteiger partial charge in [0.25, 0.3) is 0 Å². The molecule has 0 unspecified atom stereocenters. The first-order valence-corrected chi connectivity index (χ1v) is 16.8. The smallest absolute Gasteiger partial charge is 0.338 e. The Bertz CT molecular complexity index is 1900. The molecule has 0 bridgehead atoms. The summed E-state index contributed by atoms with van der Waals surface area (Å²) in [5, 5.41) is 0. The minimum Gasteiger partial charge on any atom is -0.338 e. The Balaban J connectivity index is 1.28. The number of hydrogen-bond donors (Lipinski definition) is 0. The van der Waals surface area contributed by atoms with E-state index in [0.29, 0.717) is 38.2 Å². The van der Waals surface area contributed by atoms with Crippen molar-refractivity contribution in [2.75, 3.05) is 26.2 Å². The van der Waals surface area contributed by atoms with Gasteiger partial charge in [-0.3, -0.25) is 24.5 Å². The number of alkyl halides is 3. The highest BCUT2D eigenvalue weighted by Gasteiger charge is 2.34. The van der Waals surface area contributed by atoms with Crippen molar-refractivity contribution in [3.05, 3.63) is 162 Å². The molecule has 1 aliphatic heterocycles. The average Bonchev–Trinajstić information content (AvgIpc) is 3.16. The molecule has 0 saturated carbocycles. The lowest BCUT2D eigenvalue weighted by molar-refractivity contribution is -0.145. The van der Waals surface area contributed by atoms with E-state index in [-0.39, 0.29) is 12.5 Å². The van der Waals surface area contributed by atoms with Crippen molar-refractivity contribution >= 4 is 17.9 Å². The monoisotopic (exact) mass is 689 g/mol. The maximum atomic E-state index is 14.5. The van der Waals surface area contributed by atoms with Crippen molar-refractivity contribution in [3.8, 4) is 11.3 Å². The molecule has 51 heavy (non-hydrogen) atoms. The largest absolute Gasteiger partial charge is 0.416 e. The Morgan fingerprint density at radius 3 is 2.08 bits per heavy atom. The molecular formula is C41H38F3N5O2. The molecule has 2 amide bonds. The fraction of sp³-hybridized carbons (Fsp3) is 0.220. The summed E-state index contributed by atoms with van der Waals surface area (Å²) in [6.45, 7) is 3.29. The fourth-order valence-corrected chi connectivity index (χ4v) is 6.15. The van der Waals surface area contributed by atoms with E-state index in [4.69, 9.17) is 0 Å². The van der Waals surface area contributed by atoms with Gasteiger partial charge in [0.2, 0.25) is 11.8 Å². The van der Waals surface area contributed by atoms with E-state index < -0.39 is 23.7 Å². The van der Waals surface area contributed by atoms with Gasteiger partial charge in [0.15, 0.2) is 0 Å². The first-order valence-electron chi connectivity index (χ1n) is 16.8. The van der Waals surface area contributed by atoms with Crippen molar-refractivity contribution < 1.29 is 22.8 Å². The predicted molar refractivity (Wildman–Crippen MR) is 191 cm³/mol. The third-order valence-corrected chi connectivity index (χ3v) is 8.98. The van der Waals surface area contributed by atoms with Gasteiger partial charge in [-0.1, -0.05) is 72.8 Å². The second-order valence-electron chi connectivity index (χ2n) is 12.5. The van der Waals surface area contributed by atoms with E-state index in [9.17, 15) is 22.8 Å². The van der Waals surface area contributed by atoms with Gasteiger partial charge in [-0.05, 0) is 64.7 Å². The predicted octanol–water partition coefficient (Wildman–Crippen LogP) is 7.16. The lowest BCUT2D eigenvalue weighted by atomic mass is 10.0. The number of halogens is 3. The van der Waals surface area contributed by atoms with E-state index >= 15 is 0 Å². The van der Waals surface area contributed by atoms with Crippen LogP contribution < -0.4 is 0 Å². The zero-order valence-corrected chi connectivity index (χ0v) is 28.0. The van der Waals surface area contributed by atoms with Gasteiger partial charge in [0, 0.05) is 75.9 Å². The van der Waals surface area contributed by atoms with Gasteiger partial charge in [0.1, 0.15) is 6.04 Å². The zero-order valence-electron chi connectivity index (χ0n) is 28.0. The van der Waals surface area contributed by atoms with E-state index in [1.54, 1.807) is 23.5 Å². The van der Waals surface area contributed by atoms with Gasteiger partial charge in [-0.25, -0.2) is 0 Å². The Morgan fingerprint density at radius 2 is 1.43 bits per heavy atom. The molecule has 2 aromatic heterocycles. The molecule has 1 fully saturated rings. The van der Waals surface area contributed by atoms with Crippen LogP contribution in [0.15, 0.2) is 134 Å². The summed E-state index contributed by atoms with van der Waals surface area (Å²) in [6, 6.07) is 30.8. The number of carbonyl (C=O) groups is 2. The molecule has 0 radical (unpaired) electrons. The van der Waals surface area contributed by atoms with E-state index in [1.807, 2.05) is 89.8 Å². The molecule has 10 heteroatoms. The maximum Gasteiger partial charge on any atom is 0.416 e. The van der Waals surface area contributed by atoms with Gasteiger partial charge in [-0.15, -0.1) is 0 Å². The zero-order chi connectivity index (χ0) is 35.6. The van der Waals surface area contributed by atoms with Crippen molar-refractivity contribution in [3.63, 3.8) is 0 Å². The van der Waals surface area contributed by atoms with E-state index in [0.717, 1.165) is 46.6 Å². The normalized spacial score (nSPS) is 14.4. The van der Waals surface area contributed by atoms with Crippen molar-refractivity contribution in [1.29, 1.82) is 0 Å². The molecule has 7 nitrogen and oxygen atoms in total. The number of pyridine rings is 2. The molecule has 5 aromatic rings. The van der Waals surface area contributed by atoms with Crippen LogP contribution >= 0.6 is 0 Å². The standard InChI is InChI=1S/C41H38F3N5O2/c42-41(43,44)36-16-11-31(12-17-36)13-18-39(50)49(30-33-9-14-35(15-10-33)37-8-4-5-21-46-37)38(28-32-6-2-1-3-7-32)40(51)48-26-24-47(25-27-48)29-34-19-22-45-23-20-34/h1-23,38H,24-30H2/t38-/m0/s1. The molecule has 6 rings (SSSR count). The molecule has 260 valence electrons. The van der Waals surface area contributed by atoms with Crippen molar-refractivity contribution in [1.82, 2.24) is 24.7 Å². The third kappa shape index (κ3) is 9.55. The number of piperazine rings is 1. The SMILES string of the molecule is O=C([C@H](Cc1ccccc1)N(Cc1ccc(-c2ccccn2)cc1)C(=O)C=Cc1ccc(C(F)(F)F)cc1)N1CCN(Cc2ccncc2)CC1. The Hall–Kier alpha value is -5.61. The van der Waals surface area contributed by atoms with E-state index in [1.165, 1.54) is 24.3 Å². The average molecular weight is 690 g/mol. The number of aromatic nitrogens is 2. The minimum atomic E-state index is -4.46. The Morgan fingerprint density at radius 1 is 0.745 bits per heavy atom. The summed E-state index contributed by atoms with van der Waals surface area (Å²) in [6.07, 6.45) is 3.93. The second-order valence-corrected chi connectivity index (χ2v) is 12.5.